The quantitative estimate of drug-likeness (QED) is 0.282. The number of nitrogens with two attached hydrogens (primary N) is 1. The summed E-state index contributed by atoms with van der Waals surface area (Å²) in [5.74, 6) is 0. The molecule has 0 aliphatic heterocycles. The molecule has 0 aromatic carbocycles. The second-order valence-electron chi connectivity index (χ2n) is 2.50. The maximum absolute atomic E-state index is 8.24. The Labute approximate surface area is 71.8 Å². The van der Waals surface area contributed by atoms with Crippen LogP contribution in [0.5, 0.6) is 0 Å². The van der Waals surface area contributed by atoms with Crippen molar-refractivity contribution in [2.75, 3.05) is 6.54 Å². The van der Waals surface area contributed by atoms with Crippen molar-refractivity contribution in [1.29, 1.82) is 5.26 Å². The fraction of sp³-hybridized carbons (Fsp3) is 0.857. The third-order valence-electron chi connectivity index (χ3n) is 1.56. The van der Waals surface area contributed by atoms with Gasteiger partial charge in [-0.15, -0.1) is 0 Å². The van der Waals surface area contributed by atoms with Crippen LogP contribution in [0.3, 0.4) is 0 Å². The molecule has 0 aliphatic carbocycles. The predicted molar refractivity (Wildman–Crippen MR) is 46.1 cm³/mol. The summed E-state index contributed by atoms with van der Waals surface area (Å²) in [6.45, 7) is 0.386. The van der Waals surface area contributed by atoms with Crippen LogP contribution in [0.2, 0.25) is 0 Å². The Morgan fingerprint density at radius 2 is 2.33 bits per heavy atom. The zero-order valence-electron chi connectivity index (χ0n) is 6.98. The summed E-state index contributed by atoms with van der Waals surface area (Å²) in [6, 6.07) is 1.95. The van der Waals surface area contributed by atoms with Gasteiger partial charge < -0.3 is 5.73 Å². The van der Waals surface area contributed by atoms with Crippen molar-refractivity contribution in [3.63, 3.8) is 0 Å². The van der Waals surface area contributed by atoms with Crippen molar-refractivity contribution in [1.82, 2.24) is 0 Å². The summed E-state index contributed by atoms with van der Waals surface area (Å²) in [7, 11) is 0. The van der Waals surface area contributed by atoms with E-state index in [2.05, 4.69) is 16.1 Å². The lowest BCUT2D eigenvalue weighted by Crippen LogP contribution is -2.17. The van der Waals surface area contributed by atoms with E-state index in [1.807, 2.05) is 0 Å². The molecule has 0 radical (unpaired) electrons. The molecular weight excluding hydrogens is 154 g/mol. The molecule has 0 spiro atoms. The van der Waals surface area contributed by atoms with Crippen LogP contribution in [0, 0.1) is 11.3 Å². The molecule has 2 N–H and O–H groups in total. The van der Waals surface area contributed by atoms with Crippen molar-refractivity contribution in [2.24, 2.45) is 10.8 Å². The average Bonchev–Trinajstić information content (AvgIpc) is 2.10. The van der Waals surface area contributed by atoms with Crippen LogP contribution < -0.4 is 5.73 Å². The van der Waals surface area contributed by atoms with Crippen LogP contribution in [-0.2, 0) is 0 Å². The van der Waals surface area contributed by atoms with Gasteiger partial charge in [-0.3, -0.25) is 0 Å². The number of azide groups is 1. The number of hydrogen-bond acceptors (Lipinski definition) is 3. The molecule has 0 amide bonds. The number of nitrogens with zero attached hydrogens (tertiary/aromatic N) is 4. The minimum absolute atomic E-state index is 0.103. The van der Waals surface area contributed by atoms with Crippen LogP contribution >= 0.6 is 0 Å². The highest BCUT2D eigenvalue weighted by atomic mass is 15.1. The lowest BCUT2D eigenvalue weighted by Gasteiger charge is -2.05. The fourth-order valence-electron chi connectivity index (χ4n) is 0.880. The Balaban J connectivity index is 3.46. The van der Waals surface area contributed by atoms with Crippen molar-refractivity contribution in [2.45, 2.75) is 31.7 Å². The zero-order valence-corrected chi connectivity index (χ0v) is 6.98. The van der Waals surface area contributed by atoms with Gasteiger partial charge in [0.1, 0.15) is 0 Å². The van der Waals surface area contributed by atoms with Gasteiger partial charge in [0.2, 0.25) is 0 Å². The smallest absolute Gasteiger partial charge is 0.0621 e. The first kappa shape index (κ1) is 10.8. The first-order valence-corrected chi connectivity index (χ1v) is 3.96. The highest BCUT2D eigenvalue weighted by Crippen LogP contribution is 2.05. The molecule has 0 saturated heterocycles. The zero-order chi connectivity index (χ0) is 9.23. The lowest BCUT2D eigenvalue weighted by molar-refractivity contribution is 0.572. The molecule has 0 saturated carbocycles. The minimum atomic E-state index is -0.103. The second kappa shape index (κ2) is 7.86. The van der Waals surface area contributed by atoms with E-state index < -0.39 is 0 Å². The molecule has 0 aromatic rings. The van der Waals surface area contributed by atoms with Gasteiger partial charge in [-0.1, -0.05) is 11.5 Å². The standard InChI is InChI=1S/C7H13N5/c8-5-3-1-2-4-7(6-9)11-12-10/h7H,1-4,6,9H2. The van der Waals surface area contributed by atoms with Crippen molar-refractivity contribution < 1.29 is 0 Å². The summed E-state index contributed by atoms with van der Waals surface area (Å²) in [5, 5.41) is 11.7. The molecule has 5 nitrogen and oxygen atoms in total. The lowest BCUT2D eigenvalue weighted by atomic mass is 10.1. The molecule has 1 unspecified atom stereocenters. The number of hydrogen-bond donors (Lipinski definition) is 1. The highest BCUT2D eigenvalue weighted by Gasteiger charge is 2.01. The average molecular weight is 167 g/mol. The fourth-order valence-corrected chi connectivity index (χ4v) is 0.880. The number of rotatable bonds is 6. The van der Waals surface area contributed by atoms with E-state index in [4.69, 9.17) is 16.5 Å². The number of unbranched alkanes of at least 4 members (excludes halogenated alkanes) is 2. The molecule has 66 valence electrons. The van der Waals surface area contributed by atoms with Crippen molar-refractivity contribution in [3.8, 4) is 6.07 Å². The molecule has 0 rings (SSSR count). The molecule has 0 heterocycles. The predicted octanol–water partition coefficient (Wildman–Crippen LogP) is 1.71. The van der Waals surface area contributed by atoms with Gasteiger partial charge in [-0.25, -0.2) is 0 Å². The van der Waals surface area contributed by atoms with E-state index in [0.717, 1.165) is 19.3 Å². The van der Waals surface area contributed by atoms with Crippen LogP contribution in [0.4, 0.5) is 0 Å². The highest BCUT2D eigenvalue weighted by molar-refractivity contribution is 4.71. The van der Waals surface area contributed by atoms with E-state index in [9.17, 15) is 0 Å². The molecule has 0 aliphatic rings. The van der Waals surface area contributed by atoms with Crippen LogP contribution in [-0.4, -0.2) is 12.6 Å². The summed E-state index contributed by atoms with van der Waals surface area (Å²) in [6.07, 6.45) is 3.10. The first-order chi connectivity index (χ1) is 5.85. The maximum atomic E-state index is 8.24. The normalized spacial score (nSPS) is 11.3. The summed E-state index contributed by atoms with van der Waals surface area (Å²) >= 11 is 0. The minimum Gasteiger partial charge on any atom is -0.330 e. The maximum Gasteiger partial charge on any atom is 0.0621 e. The Morgan fingerprint density at radius 3 is 2.83 bits per heavy atom. The van der Waals surface area contributed by atoms with Gasteiger partial charge in [-0.2, -0.15) is 5.26 Å². The van der Waals surface area contributed by atoms with E-state index in [-0.39, 0.29) is 6.04 Å². The van der Waals surface area contributed by atoms with Crippen molar-refractivity contribution in [3.05, 3.63) is 10.4 Å². The number of nitriles is 1. The second-order valence-corrected chi connectivity index (χ2v) is 2.50. The molecule has 5 heteroatoms. The molecule has 0 aromatic heterocycles. The first-order valence-electron chi connectivity index (χ1n) is 3.96. The van der Waals surface area contributed by atoms with Crippen molar-refractivity contribution >= 4 is 0 Å². The summed E-state index contributed by atoms with van der Waals surface area (Å²) in [5.41, 5.74) is 13.5. The van der Waals surface area contributed by atoms with Gasteiger partial charge in [-0.05, 0) is 18.4 Å². The van der Waals surface area contributed by atoms with E-state index in [0.29, 0.717) is 13.0 Å². The van der Waals surface area contributed by atoms with Crippen LogP contribution in [0.15, 0.2) is 5.11 Å². The summed E-state index contributed by atoms with van der Waals surface area (Å²) < 4.78 is 0. The molecular formula is C7H13N5. The Bertz CT molecular complexity index is 188. The summed E-state index contributed by atoms with van der Waals surface area (Å²) in [4.78, 5) is 2.69. The largest absolute Gasteiger partial charge is 0.330 e. The topological polar surface area (TPSA) is 98.6 Å². The molecule has 0 fully saturated rings. The Hall–Kier alpha value is -1.24. The third-order valence-corrected chi connectivity index (χ3v) is 1.56. The Kier molecular flexibility index (Phi) is 7.05. The molecule has 12 heavy (non-hydrogen) atoms. The van der Waals surface area contributed by atoms with Gasteiger partial charge >= 0.3 is 0 Å². The van der Waals surface area contributed by atoms with E-state index in [1.165, 1.54) is 0 Å². The van der Waals surface area contributed by atoms with Crippen LogP contribution in [0.25, 0.3) is 10.4 Å². The monoisotopic (exact) mass is 167 g/mol. The SMILES string of the molecule is N#CCCCCC(CN)N=[N+]=[N-]. The van der Waals surface area contributed by atoms with Gasteiger partial charge in [0.05, 0.1) is 6.07 Å². The van der Waals surface area contributed by atoms with E-state index in [1.54, 1.807) is 0 Å². The van der Waals surface area contributed by atoms with Gasteiger partial charge in [0.25, 0.3) is 0 Å². The van der Waals surface area contributed by atoms with E-state index >= 15 is 0 Å². The molecule has 0 bridgehead atoms. The van der Waals surface area contributed by atoms with Gasteiger partial charge in [0.15, 0.2) is 0 Å². The molecule has 1 atom stereocenters. The Morgan fingerprint density at radius 1 is 1.58 bits per heavy atom. The van der Waals surface area contributed by atoms with Gasteiger partial charge in [0, 0.05) is 23.9 Å². The van der Waals surface area contributed by atoms with Crippen LogP contribution in [0.1, 0.15) is 25.7 Å². The third kappa shape index (κ3) is 5.54.